The Morgan fingerprint density at radius 1 is 1.23 bits per heavy atom. The number of aromatic nitrogens is 1. The van der Waals surface area contributed by atoms with E-state index in [1.807, 2.05) is 12.1 Å². The highest BCUT2D eigenvalue weighted by Crippen LogP contribution is 2.01. The fourth-order valence-corrected chi connectivity index (χ4v) is 2.00. The molecule has 0 aliphatic heterocycles. The molecular formula is C16H25N3O3. The van der Waals surface area contributed by atoms with Crippen LogP contribution in [-0.2, 0) is 20.7 Å². The molecule has 0 saturated heterocycles. The van der Waals surface area contributed by atoms with Crippen molar-refractivity contribution in [3.63, 3.8) is 0 Å². The van der Waals surface area contributed by atoms with Gasteiger partial charge in [0.2, 0.25) is 11.8 Å². The molecule has 0 N–H and O–H groups in total. The van der Waals surface area contributed by atoms with Gasteiger partial charge in [-0.25, -0.2) is 0 Å². The Morgan fingerprint density at radius 2 is 1.91 bits per heavy atom. The summed E-state index contributed by atoms with van der Waals surface area (Å²) >= 11 is 0. The molecule has 122 valence electrons. The maximum absolute atomic E-state index is 12.2. The average Bonchev–Trinajstić information content (AvgIpc) is 2.52. The first-order valence-corrected chi connectivity index (χ1v) is 7.42. The van der Waals surface area contributed by atoms with Crippen LogP contribution in [0.3, 0.4) is 0 Å². The molecule has 1 rings (SSSR count). The molecule has 22 heavy (non-hydrogen) atoms. The second kappa shape index (κ2) is 9.89. The van der Waals surface area contributed by atoms with Crippen LogP contribution in [0.5, 0.6) is 0 Å². The SMILES string of the molecule is COCCCN(CC(=O)N(C)CCc1ccncc1)C(C)=O. The molecule has 6 heteroatoms. The zero-order valence-corrected chi connectivity index (χ0v) is 13.6. The van der Waals surface area contributed by atoms with E-state index in [1.54, 1.807) is 36.4 Å². The molecule has 0 fully saturated rings. The Bertz CT molecular complexity index is 465. The minimum Gasteiger partial charge on any atom is -0.385 e. The van der Waals surface area contributed by atoms with Crippen molar-refractivity contribution < 1.29 is 14.3 Å². The Morgan fingerprint density at radius 3 is 2.50 bits per heavy atom. The number of amides is 2. The summed E-state index contributed by atoms with van der Waals surface area (Å²) in [4.78, 5) is 31.0. The molecule has 0 aromatic carbocycles. The largest absolute Gasteiger partial charge is 0.385 e. The summed E-state index contributed by atoms with van der Waals surface area (Å²) in [5, 5.41) is 0. The Labute approximate surface area is 132 Å². The minimum atomic E-state index is -0.0908. The van der Waals surface area contributed by atoms with Crippen molar-refractivity contribution >= 4 is 11.8 Å². The number of nitrogens with zero attached hydrogens (tertiary/aromatic N) is 3. The first-order valence-electron chi connectivity index (χ1n) is 7.42. The van der Waals surface area contributed by atoms with Crippen LogP contribution in [0, 0.1) is 0 Å². The molecule has 0 saturated carbocycles. The first-order chi connectivity index (χ1) is 10.5. The zero-order chi connectivity index (χ0) is 16.4. The van der Waals surface area contributed by atoms with Gasteiger partial charge in [-0.2, -0.15) is 0 Å². The highest BCUT2D eigenvalue weighted by Gasteiger charge is 2.16. The van der Waals surface area contributed by atoms with Crippen molar-refractivity contribution in [1.29, 1.82) is 0 Å². The van der Waals surface area contributed by atoms with E-state index in [0.717, 1.165) is 18.4 Å². The van der Waals surface area contributed by atoms with Gasteiger partial charge in [0.25, 0.3) is 0 Å². The molecule has 0 aliphatic rings. The van der Waals surface area contributed by atoms with Crippen molar-refractivity contribution in [3.8, 4) is 0 Å². The molecule has 1 aromatic heterocycles. The molecule has 2 amide bonds. The standard InChI is InChI=1S/C16H25N3O3/c1-14(20)19(10-4-12-22-3)13-16(21)18(2)11-7-15-5-8-17-9-6-15/h5-6,8-9H,4,7,10-13H2,1-3H3. The number of hydrogen-bond acceptors (Lipinski definition) is 4. The van der Waals surface area contributed by atoms with Gasteiger partial charge in [0, 0.05) is 53.2 Å². The van der Waals surface area contributed by atoms with Gasteiger partial charge >= 0.3 is 0 Å². The average molecular weight is 307 g/mol. The van der Waals surface area contributed by atoms with Gasteiger partial charge in [-0.1, -0.05) is 0 Å². The van der Waals surface area contributed by atoms with Crippen molar-refractivity contribution in [3.05, 3.63) is 30.1 Å². The van der Waals surface area contributed by atoms with Crippen LogP contribution in [0.2, 0.25) is 0 Å². The maximum Gasteiger partial charge on any atom is 0.241 e. The number of hydrogen-bond donors (Lipinski definition) is 0. The molecular weight excluding hydrogens is 282 g/mol. The van der Waals surface area contributed by atoms with Gasteiger partial charge in [-0.15, -0.1) is 0 Å². The third-order valence-electron chi connectivity index (χ3n) is 3.46. The second-order valence-electron chi connectivity index (χ2n) is 5.21. The van der Waals surface area contributed by atoms with Crippen molar-refractivity contribution in [2.24, 2.45) is 0 Å². The summed E-state index contributed by atoms with van der Waals surface area (Å²) in [7, 11) is 3.38. The van der Waals surface area contributed by atoms with Gasteiger partial charge in [0.1, 0.15) is 0 Å². The lowest BCUT2D eigenvalue weighted by molar-refractivity contribution is -0.138. The van der Waals surface area contributed by atoms with E-state index in [1.165, 1.54) is 6.92 Å². The molecule has 0 bridgehead atoms. The molecule has 1 heterocycles. The number of ether oxygens (including phenoxy) is 1. The van der Waals surface area contributed by atoms with Crippen molar-refractivity contribution in [2.45, 2.75) is 19.8 Å². The fraction of sp³-hybridized carbons (Fsp3) is 0.562. The number of carbonyl (C=O) groups is 2. The van der Waals surface area contributed by atoms with E-state index >= 15 is 0 Å². The third kappa shape index (κ3) is 6.67. The van der Waals surface area contributed by atoms with Gasteiger partial charge in [0.05, 0.1) is 6.54 Å². The monoisotopic (exact) mass is 307 g/mol. The van der Waals surface area contributed by atoms with Gasteiger partial charge in [-0.05, 0) is 30.5 Å². The lowest BCUT2D eigenvalue weighted by atomic mass is 10.2. The smallest absolute Gasteiger partial charge is 0.241 e. The van der Waals surface area contributed by atoms with Crippen LogP contribution in [-0.4, -0.2) is 67.0 Å². The molecule has 0 atom stereocenters. The number of carbonyl (C=O) groups excluding carboxylic acids is 2. The van der Waals surface area contributed by atoms with Crippen molar-refractivity contribution in [2.75, 3.05) is 40.4 Å². The number of methoxy groups -OCH3 is 1. The highest BCUT2D eigenvalue weighted by atomic mass is 16.5. The summed E-state index contributed by atoms with van der Waals surface area (Å²) in [6.45, 7) is 3.33. The van der Waals surface area contributed by atoms with Gasteiger partial charge in [-0.3, -0.25) is 14.6 Å². The summed E-state index contributed by atoms with van der Waals surface area (Å²) < 4.78 is 4.97. The summed E-state index contributed by atoms with van der Waals surface area (Å²) in [5.74, 6) is -0.145. The quantitative estimate of drug-likeness (QED) is 0.638. The maximum atomic E-state index is 12.2. The topological polar surface area (TPSA) is 62.7 Å². The number of likely N-dealkylation sites (N-methyl/N-ethyl adjacent to an activating group) is 1. The van der Waals surface area contributed by atoms with E-state index in [-0.39, 0.29) is 18.4 Å². The molecule has 0 spiro atoms. The molecule has 0 aliphatic carbocycles. The number of pyridine rings is 1. The predicted octanol–water partition coefficient (Wildman–Crippen LogP) is 0.967. The van der Waals surface area contributed by atoms with E-state index in [2.05, 4.69) is 4.98 Å². The van der Waals surface area contributed by atoms with Gasteiger partial charge < -0.3 is 14.5 Å². The van der Waals surface area contributed by atoms with Gasteiger partial charge in [0.15, 0.2) is 0 Å². The second-order valence-corrected chi connectivity index (χ2v) is 5.21. The van der Waals surface area contributed by atoms with Crippen LogP contribution in [0.4, 0.5) is 0 Å². The van der Waals surface area contributed by atoms with Crippen LogP contribution in [0.25, 0.3) is 0 Å². The minimum absolute atomic E-state index is 0.0540. The van der Waals surface area contributed by atoms with Crippen LogP contribution < -0.4 is 0 Å². The van der Waals surface area contributed by atoms with Crippen LogP contribution >= 0.6 is 0 Å². The Hall–Kier alpha value is -1.95. The van der Waals surface area contributed by atoms with Crippen molar-refractivity contribution in [1.82, 2.24) is 14.8 Å². The predicted molar refractivity (Wildman–Crippen MR) is 84.3 cm³/mol. The summed E-state index contributed by atoms with van der Waals surface area (Å²) in [6, 6.07) is 3.87. The normalized spacial score (nSPS) is 10.3. The zero-order valence-electron chi connectivity index (χ0n) is 13.6. The first kappa shape index (κ1) is 18.1. The van der Waals surface area contributed by atoms with E-state index in [9.17, 15) is 9.59 Å². The van der Waals surface area contributed by atoms with Crippen LogP contribution in [0.15, 0.2) is 24.5 Å². The summed E-state index contributed by atoms with van der Waals surface area (Å²) in [5.41, 5.74) is 1.14. The highest BCUT2D eigenvalue weighted by molar-refractivity contribution is 5.83. The lowest BCUT2D eigenvalue weighted by Gasteiger charge is -2.24. The van der Waals surface area contributed by atoms with E-state index in [4.69, 9.17) is 4.74 Å². The van der Waals surface area contributed by atoms with Crippen LogP contribution in [0.1, 0.15) is 18.9 Å². The van der Waals surface area contributed by atoms with E-state index in [0.29, 0.717) is 19.7 Å². The Kier molecular flexibility index (Phi) is 8.14. The lowest BCUT2D eigenvalue weighted by Crippen LogP contribution is -2.41. The third-order valence-corrected chi connectivity index (χ3v) is 3.46. The molecule has 0 radical (unpaired) electrons. The summed E-state index contributed by atoms with van der Waals surface area (Å²) in [6.07, 6.45) is 4.98. The fourth-order valence-electron chi connectivity index (χ4n) is 2.00. The molecule has 6 nitrogen and oxygen atoms in total. The molecule has 0 unspecified atom stereocenters. The number of rotatable bonds is 9. The van der Waals surface area contributed by atoms with E-state index < -0.39 is 0 Å². The Balaban J connectivity index is 2.41. The molecule has 1 aromatic rings.